The molecule has 0 spiro atoms. The number of imidazole rings is 1. The minimum atomic E-state index is -3.03. The molecule has 0 N–H and O–H groups in total. The van der Waals surface area contributed by atoms with Crippen molar-refractivity contribution >= 4 is 6.29 Å². The highest BCUT2D eigenvalue weighted by molar-refractivity contribution is 5.81. The molecule has 0 atom stereocenters. The summed E-state index contributed by atoms with van der Waals surface area (Å²) in [5.41, 5.74) is 3.41. The van der Waals surface area contributed by atoms with Gasteiger partial charge in [-0.25, -0.2) is 4.98 Å². The first-order valence-electron chi connectivity index (χ1n) is 7.61. The number of halogens is 2. The Morgan fingerprint density at radius 3 is 2.73 bits per heavy atom. The Balaban J connectivity index is 1.97. The van der Waals surface area contributed by atoms with Gasteiger partial charge in [-0.1, -0.05) is 6.07 Å². The minimum absolute atomic E-state index is 0.0384. The maximum atomic E-state index is 12.5. The van der Waals surface area contributed by atoms with Crippen molar-refractivity contribution in [3.8, 4) is 28.8 Å². The molecule has 2 aromatic carbocycles. The van der Waals surface area contributed by atoms with E-state index in [1.807, 2.05) is 6.92 Å². The zero-order valence-corrected chi connectivity index (χ0v) is 13.7. The van der Waals surface area contributed by atoms with Crippen molar-refractivity contribution in [3.63, 3.8) is 0 Å². The monoisotopic (exact) mass is 353 g/mol. The molecule has 1 heterocycles. The van der Waals surface area contributed by atoms with Crippen LogP contribution in [0.25, 0.3) is 16.9 Å². The van der Waals surface area contributed by atoms with Crippen molar-refractivity contribution in [2.24, 2.45) is 0 Å². The third kappa shape index (κ3) is 3.44. The number of aldehydes is 1. The molecule has 1 aromatic heterocycles. The van der Waals surface area contributed by atoms with Crippen LogP contribution >= 0.6 is 0 Å². The second kappa shape index (κ2) is 7.15. The average Bonchev–Trinajstić information content (AvgIpc) is 3.10. The van der Waals surface area contributed by atoms with Gasteiger partial charge >= 0.3 is 6.61 Å². The molecule has 0 aliphatic heterocycles. The number of hydrogen-bond acceptors (Lipinski definition) is 4. The predicted molar refractivity (Wildman–Crippen MR) is 90.5 cm³/mol. The molecule has 26 heavy (non-hydrogen) atoms. The second-order valence-electron chi connectivity index (χ2n) is 5.53. The fourth-order valence-corrected chi connectivity index (χ4v) is 2.61. The lowest BCUT2D eigenvalue weighted by molar-refractivity contribution is -0.0500. The Morgan fingerprint density at radius 2 is 2.08 bits per heavy atom. The fraction of sp³-hybridized carbons (Fsp3) is 0.105. The van der Waals surface area contributed by atoms with Crippen LogP contribution in [-0.2, 0) is 0 Å². The number of benzene rings is 2. The van der Waals surface area contributed by atoms with E-state index in [2.05, 4.69) is 15.8 Å². The van der Waals surface area contributed by atoms with Crippen LogP contribution in [0, 0.1) is 18.3 Å². The Morgan fingerprint density at radius 1 is 1.27 bits per heavy atom. The molecule has 0 unspecified atom stereocenters. The van der Waals surface area contributed by atoms with Crippen molar-refractivity contribution in [3.05, 3.63) is 65.6 Å². The van der Waals surface area contributed by atoms with E-state index in [0.717, 1.165) is 11.3 Å². The summed E-state index contributed by atoms with van der Waals surface area (Å²) in [6.45, 7) is -1.15. The average molecular weight is 353 g/mol. The predicted octanol–water partition coefficient (Wildman–Crippen LogP) is 4.13. The quantitative estimate of drug-likeness (QED) is 0.647. The zero-order valence-electron chi connectivity index (χ0n) is 13.7. The van der Waals surface area contributed by atoms with Gasteiger partial charge in [0.25, 0.3) is 0 Å². The first-order valence-corrected chi connectivity index (χ1v) is 7.61. The van der Waals surface area contributed by atoms with Crippen molar-refractivity contribution in [2.45, 2.75) is 13.5 Å². The molecule has 0 saturated heterocycles. The first kappa shape index (κ1) is 17.3. The zero-order chi connectivity index (χ0) is 18.7. The standard InChI is InChI=1S/C19H13F2N3O2/c1-12-6-13(8-22)2-5-17(12)24-9-16(23-11-24)14-3-4-15(10-25)18(7-14)26-19(20)21/h2-7,9-11,19H,1H3. The molecule has 0 radical (unpaired) electrons. The maximum absolute atomic E-state index is 12.5. The van der Waals surface area contributed by atoms with E-state index >= 15 is 0 Å². The van der Waals surface area contributed by atoms with Crippen molar-refractivity contribution < 1.29 is 18.3 Å². The van der Waals surface area contributed by atoms with Gasteiger partial charge in [0.15, 0.2) is 6.29 Å². The highest BCUT2D eigenvalue weighted by Gasteiger charge is 2.13. The number of carbonyl (C=O) groups excluding carboxylic acids is 1. The van der Waals surface area contributed by atoms with Crippen molar-refractivity contribution in [1.29, 1.82) is 5.26 Å². The Kier molecular flexibility index (Phi) is 4.76. The number of aromatic nitrogens is 2. The lowest BCUT2D eigenvalue weighted by atomic mass is 10.1. The van der Waals surface area contributed by atoms with Gasteiger partial charge in [0.05, 0.1) is 29.2 Å². The molecule has 0 aliphatic rings. The maximum Gasteiger partial charge on any atom is 0.387 e. The molecular weight excluding hydrogens is 340 g/mol. The highest BCUT2D eigenvalue weighted by Crippen LogP contribution is 2.28. The van der Waals surface area contributed by atoms with E-state index in [4.69, 9.17) is 5.26 Å². The van der Waals surface area contributed by atoms with Gasteiger partial charge in [-0.15, -0.1) is 0 Å². The molecule has 0 saturated carbocycles. The lowest BCUT2D eigenvalue weighted by Gasteiger charge is -2.08. The van der Waals surface area contributed by atoms with E-state index in [1.165, 1.54) is 12.1 Å². The number of hydrogen-bond donors (Lipinski definition) is 0. The van der Waals surface area contributed by atoms with Crippen LogP contribution < -0.4 is 4.74 Å². The van der Waals surface area contributed by atoms with Crippen molar-refractivity contribution in [2.75, 3.05) is 0 Å². The molecule has 3 rings (SSSR count). The van der Waals surface area contributed by atoms with E-state index in [9.17, 15) is 13.6 Å². The van der Waals surface area contributed by atoms with Crippen LogP contribution in [0.15, 0.2) is 48.9 Å². The van der Waals surface area contributed by atoms with Gasteiger partial charge in [0.1, 0.15) is 5.75 Å². The number of rotatable bonds is 5. The van der Waals surface area contributed by atoms with Crippen LogP contribution in [0.1, 0.15) is 21.5 Å². The topological polar surface area (TPSA) is 67.9 Å². The number of ether oxygens (including phenoxy) is 1. The van der Waals surface area contributed by atoms with E-state index in [0.29, 0.717) is 23.1 Å². The summed E-state index contributed by atoms with van der Waals surface area (Å²) in [5.74, 6) is -0.198. The molecule has 130 valence electrons. The van der Waals surface area contributed by atoms with Crippen LogP contribution in [0.3, 0.4) is 0 Å². The highest BCUT2D eigenvalue weighted by atomic mass is 19.3. The summed E-state index contributed by atoms with van der Waals surface area (Å²) in [6.07, 6.45) is 3.78. The molecule has 0 aliphatic carbocycles. The van der Waals surface area contributed by atoms with Gasteiger partial charge in [-0.2, -0.15) is 14.0 Å². The summed E-state index contributed by atoms with van der Waals surface area (Å²) < 4.78 is 31.2. The number of nitriles is 1. The minimum Gasteiger partial charge on any atom is -0.434 e. The van der Waals surface area contributed by atoms with Crippen LogP contribution in [0.2, 0.25) is 0 Å². The number of aryl methyl sites for hydroxylation is 1. The summed E-state index contributed by atoms with van der Waals surface area (Å²) in [5, 5.41) is 8.95. The number of carbonyl (C=O) groups is 1. The molecule has 5 nitrogen and oxygen atoms in total. The van der Waals surface area contributed by atoms with Gasteiger partial charge in [-0.05, 0) is 42.8 Å². The molecule has 0 fully saturated rings. The summed E-state index contributed by atoms with van der Waals surface area (Å²) in [4.78, 5) is 15.3. The lowest BCUT2D eigenvalue weighted by Crippen LogP contribution is -2.04. The smallest absolute Gasteiger partial charge is 0.387 e. The Hall–Kier alpha value is -3.53. The van der Waals surface area contributed by atoms with E-state index in [-0.39, 0.29) is 11.3 Å². The van der Waals surface area contributed by atoms with Crippen LogP contribution in [0.5, 0.6) is 5.75 Å². The SMILES string of the molecule is Cc1cc(C#N)ccc1-n1cnc(-c2ccc(C=O)c(OC(F)F)c2)c1. The normalized spacial score (nSPS) is 10.6. The molecular formula is C19H13F2N3O2. The fourth-order valence-electron chi connectivity index (χ4n) is 2.61. The first-order chi connectivity index (χ1) is 12.5. The van der Waals surface area contributed by atoms with Crippen LogP contribution in [0.4, 0.5) is 8.78 Å². The third-order valence-corrected chi connectivity index (χ3v) is 3.84. The Labute approximate surface area is 148 Å². The summed E-state index contributed by atoms with van der Waals surface area (Å²) in [7, 11) is 0. The molecule has 0 amide bonds. The van der Waals surface area contributed by atoms with E-state index < -0.39 is 6.61 Å². The van der Waals surface area contributed by atoms with Gasteiger partial charge < -0.3 is 9.30 Å². The third-order valence-electron chi connectivity index (χ3n) is 3.84. The molecule has 0 bridgehead atoms. The van der Waals surface area contributed by atoms with Crippen molar-refractivity contribution in [1.82, 2.24) is 9.55 Å². The second-order valence-corrected chi connectivity index (χ2v) is 5.53. The Bertz CT molecular complexity index is 1010. The molecule has 7 heteroatoms. The van der Waals surface area contributed by atoms with Gasteiger partial charge in [-0.3, -0.25) is 4.79 Å². The summed E-state index contributed by atoms with van der Waals surface area (Å²) >= 11 is 0. The van der Waals surface area contributed by atoms with Gasteiger partial charge in [0.2, 0.25) is 0 Å². The number of alkyl halides is 2. The number of nitrogens with zero attached hydrogens (tertiary/aromatic N) is 3. The van der Waals surface area contributed by atoms with E-state index in [1.54, 1.807) is 41.4 Å². The van der Waals surface area contributed by atoms with Gasteiger partial charge in [0, 0.05) is 17.4 Å². The van der Waals surface area contributed by atoms with Crippen LogP contribution in [-0.4, -0.2) is 22.4 Å². The summed E-state index contributed by atoms with van der Waals surface area (Å²) in [6, 6.07) is 11.7. The molecule has 3 aromatic rings. The largest absolute Gasteiger partial charge is 0.434 e.